The molecule has 0 aliphatic carbocycles. The predicted octanol–water partition coefficient (Wildman–Crippen LogP) is 9.07. The monoisotopic (exact) mass is 674 g/mol. The number of anilines is 6. The molecule has 6 heteroatoms. The standard InChI is InChI=1S/C46H30N2O4/c49-45-40-29-41-42(51-46(50)43(41)31-21-25-37(26-22-31)47(33-13-5-1-6-14-33)34-15-7-2-8-16-34)30-39(40)44(52-45)32-23-27-38(28-24-32)48(35-17-9-3-10-18-35)36-19-11-4-12-20-36/h1-30H. The highest BCUT2D eigenvalue weighted by Crippen LogP contribution is 2.37. The molecule has 0 spiro atoms. The Morgan fingerprint density at radius 3 is 1.21 bits per heavy atom. The number of ether oxygens (including phenoxy) is 2. The van der Waals surface area contributed by atoms with Crippen LogP contribution in [0.15, 0.2) is 182 Å². The molecule has 6 nitrogen and oxygen atoms in total. The van der Waals surface area contributed by atoms with Crippen molar-refractivity contribution in [2.45, 2.75) is 0 Å². The van der Waals surface area contributed by atoms with Gasteiger partial charge in [0, 0.05) is 50.1 Å². The van der Waals surface area contributed by atoms with Crippen molar-refractivity contribution in [3.05, 3.63) is 209 Å². The minimum absolute atomic E-state index is 0.389. The summed E-state index contributed by atoms with van der Waals surface area (Å²) in [7, 11) is 0. The van der Waals surface area contributed by atoms with Gasteiger partial charge in [0.15, 0.2) is 0 Å². The first-order valence-corrected chi connectivity index (χ1v) is 17.0. The van der Waals surface area contributed by atoms with Crippen molar-refractivity contribution in [1.82, 2.24) is 0 Å². The Kier molecular flexibility index (Phi) is 7.67. The fraction of sp³-hybridized carbons (Fsp3) is 0. The Morgan fingerprint density at radius 1 is 0.365 bits per heavy atom. The van der Waals surface area contributed by atoms with Crippen molar-refractivity contribution in [1.29, 1.82) is 0 Å². The molecule has 2 aliphatic heterocycles. The minimum Gasteiger partial charge on any atom is -0.422 e. The molecule has 0 amide bonds. The van der Waals surface area contributed by atoms with Crippen molar-refractivity contribution in [2.75, 3.05) is 9.80 Å². The van der Waals surface area contributed by atoms with Crippen LogP contribution in [0, 0.1) is 0 Å². The topological polar surface area (TPSA) is 59.1 Å². The summed E-state index contributed by atoms with van der Waals surface area (Å²) in [6.45, 7) is 0. The summed E-state index contributed by atoms with van der Waals surface area (Å²) < 4.78 is 11.7. The Labute approximate surface area is 300 Å². The van der Waals surface area contributed by atoms with Crippen molar-refractivity contribution >= 4 is 57.4 Å². The van der Waals surface area contributed by atoms with Gasteiger partial charge in [-0.25, -0.2) is 9.59 Å². The lowest BCUT2D eigenvalue weighted by Gasteiger charge is -2.25. The van der Waals surface area contributed by atoms with Crippen molar-refractivity contribution < 1.29 is 19.1 Å². The van der Waals surface area contributed by atoms with Crippen LogP contribution in [0.1, 0.15) is 21.5 Å². The summed E-state index contributed by atoms with van der Waals surface area (Å²) in [6, 6.07) is 59.7. The molecule has 0 fully saturated rings. The molecule has 248 valence electrons. The van der Waals surface area contributed by atoms with Gasteiger partial charge in [0.2, 0.25) is 0 Å². The summed E-state index contributed by atoms with van der Waals surface area (Å²) in [5.74, 6) is -0.112. The van der Waals surface area contributed by atoms with Crippen LogP contribution in [0.2, 0.25) is 0 Å². The van der Waals surface area contributed by atoms with Gasteiger partial charge < -0.3 is 19.3 Å². The minimum atomic E-state index is -0.470. The summed E-state index contributed by atoms with van der Waals surface area (Å²) in [5, 5.41) is 1.15. The summed E-state index contributed by atoms with van der Waals surface area (Å²) >= 11 is 0. The number of esters is 2. The van der Waals surface area contributed by atoms with Gasteiger partial charge in [0.25, 0.3) is 0 Å². The lowest BCUT2D eigenvalue weighted by Crippen LogP contribution is -2.16. The van der Waals surface area contributed by atoms with Gasteiger partial charge in [0.05, 0.1) is 11.1 Å². The van der Waals surface area contributed by atoms with Crippen LogP contribution < -0.4 is 25.0 Å². The number of para-hydroxylation sites is 4. The maximum absolute atomic E-state index is 13.4. The molecular formula is C46H30N2O4. The molecule has 0 saturated heterocycles. The first-order valence-electron chi connectivity index (χ1n) is 17.0. The van der Waals surface area contributed by atoms with E-state index in [1.165, 1.54) is 0 Å². The third-order valence-electron chi connectivity index (χ3n) is 9.31. The number of carbonyl (C=O) groups excluding carboxylic acids is 2. The zero-order valence-corrected chi connectivity index (χ0v) is 27.8. The fourth-order valence-electron chi connectivity index (χ4n) is 6.91. The van der Waals surface area contributed by atoms with E-state index < -0.39 is 11.9 Å². The quantitative estimate of drug-likeness (QED) is 0.118. The first-order chi connectivity index (χ1) is 25.6. The maximum Gasteiger partial charge on any atom is 0.344 e. The lowest BCUT2D eigenvalue weighted by atomic mass is 10.0. The predicted molar refractivity (Wildman–Crippen MR) is 204 cm³/mol. The average molecular weight is 675 g/mol. The molecule has 0 N–H and O–H groups in total. The van der Waals surface area contributed by atoms with E-state index >= 15 is 0 Å². The molecule has 2 heterocycles. The summed E-state index contributed by atoms with van der Waals surface area (Å²) in [6.07, 6.45) is 0. The van der Waals surface area contributed by atoms with Crippen LogP contribution in [0.4, 0.5) is 34.1 Å². The van der Waals surface area contributed by atoms with Crippen LogP contribution in [0.5, 0.6) is 5.75 Å². The van der Waals surface area contributed by atoms with Crippen molar-refractivity contribution in [2.24, 2.45) is 0 Å². The molecule has 52 heavy (non-hydrogen) atoms. The van der Waals surface area contributed by atoms with E-state index in [-0.39, 0.29) is 0 Å². The normalized spacial score (nSPS) is 12.9. The third-order valence-corrected chi connectivity index (χ3v) is 9.31. The lowest BCUT2D eigenvalue weighted by molar-refractivity contribution is -0.127. The SMILES string of the molecule is O=C1Oc2cc3c(cc2=C1c1ccc(N(c2ccccc2)c2ccccc2)cc1)C(=O)OC=3c1ccc(N(c2ccccc2)c2ccccc2)cc1. The number of nitrogens with zero attached hydrogens (tertiary/aromatic N) is 2. The van der Waals surface area contributed by atoms with Crippen LogP contribution in [-0.2, 0) is 9.53 Å². The highest BCUT2D eigenvalue weighted by molar-refractivity contribution is 6.19. The van der Waals surface area contributed by atoms with Crippen LogP contribution in [0.3, 0.4) is 0 Å². The molecular weight excluding hydrogens is 645 g/mol. The zero-order valence-electron chi connectivity index (χ0n) is 27.8. The molecule has 7 aromatic carbocycles. The highest BCUT2D eigenvalue weighted by atomic mass is 16.5. The molecule has 0 bridgehead atoms. The molecule has 0 unspecified atom stereocenters. The molecule has 2 aliphatic rings. The Bertz CT molecular complexity index is 2490. The molecule has 0 radical (unpaired) electrons. The van der Waals surface area contributed by atoms with Gasteiger partial charge in [-0.05, 0) is 103 Å². The molecule has 0 aromatic heterocycles. The number of benzene rings is 7. The summed E-state index contributed by atoms with van der Waals surface area (Å²) in [4.78, 5) is 31.0. The number of hydrogen-bond donors (Lipinski definition) is 0. The van der Waals surface area contributed by atoms with Crippen LogP contribution in [-0.4, -0.2) is 11.9 Å². The van der Waals surface area contributed by atoms with E-state index in [0.29, 0.717) is 38.6 Å². The van der Waals surface area contributed by atoms with Crippen molar-refractivity contribution in [3.8, 4) is 5.75 Å². The van der Waals surface area contributed by atoms with Crippen LogP contribution in [0.25, 0.3) is 11.3 Å². The summed E-state index contributed by atoms with van der Waals surface area (Å²) in [5.41, 5.74) is 8.19. The van der Waals surface area contributed by atoms with E-state index in [1.807, 2.05) is 121 Å². The van der Waals surface area contributed by atoms with Gasteiger partial charge in [-0.2, -0.15) is 0 Å². The molecule has 9 rings (SSSR count). The van der Waals surface area contributed by atoms with Crippen molar-refractivity contribution in [3.63, 3.8) is 0 Å². The Morgan fingerprint density at radius 2 is 0.769 bits per heavy atom. The second kappa shape index (κ2) is 12.9. The van der Waals surface area contributed by atoms with Gasteiger partial charge in [-0.3, -0.25) is 0 Å². The van der Waals surface area contributed by atoms with Gasteiger partial charge >= 0.3 is 11.9 Å². The highest BCUT2D eigenvalue weighted by Gasteiger charge is 2.31. The fourth-order valence-corrected chi connectivity index (χ4v) is 6.91. The number of hydrogen-bond acceptors (Lipinski definition) is 6. The largest absolute Gasteiger partial charge is 0.422 e. The van der Waals surface area contributed by atoms with E-state index in [4.69, 9.17) is 9.47 Å². The second-order valence-electron chi connectivity index (χ2n) is 12.5. The second-order valence-corrected chi connectivity index (χ2v) is 12.5. The number of fused-ring (bicyclic) bond motifs is 2. The van der Waals surface area contributed by atoms with E-state index in [0.717, 1.165) is 39.7 Å². The van der Waals surface area contributed by atoms with Gasteiger partial charge in [-0.15, -0.1) is 0 Å². The maximum atomic E-state index is 13.4. The van der Waals surface area contributed by atoms with E-state index in [1.54, 1.807) is 12.1 Å². The average Bonchev–Trinajstić information content (AvgIpc) is 3.70. The smallest absolute Gasteiger partial charge is 0.344 e. The van der Waals surface area contributed by atoms with Crippen LogP contribution >= 0.6 is 0 Å². The molecule has 0 atom stereocenters. The van der Waals surface area contributed by atoms with E-state index in [9.17, 15) is 9.59 Å². The van der Waals surface area contributed by atoms with Gasteiger partial charge in [0.1, 0.15) is 11.5 Å². The Hall–Kier alpha value is -7.18. The van der Waals surface area contributed by atoms with E-state index in [2.05, 4.69) is 58.3 Å². The number of carbonyl (C=O) groups is 2. The van der Waals surface area contributed by atoms with Gasteiger partial charge in [-0.1, -0.05) is 84.9 Å². The Balaban J connectivity index is 1.08. The molecule has 0 saturated carbocycles. The number of cyclic esters (lactones) is 1. The molecule has 7 aromatic rings. The number of rotatable bonds is 8. The third kappa shape index (κ3) is 5.49. The zero-order chi connectivity index (χ0) is 35.0. The first kappa shape index (κ1) is 30.8.